The molecule has 16 nitrogen and oxygen atoms in total. The summed E-state index contributed by atoms with van der Waals surface area (Å²) >= 11 is 0. The standard InChI is InChI=1S/C16H18N4O4.C16H11N3O4.C7H14O/c1-18(13-5-7-24-8-6-13)16(21)19-10-15(17-11-19)12-3-2-4-14(9-12)20(22)23;20-16(23-14-7-2-1-3-8-14)18-10-15(17-11-18)12-5-4-6-13(9-12)19(21)22;1-2-7-3-5-8-6-4-7/h2-4,9-11,13H,5-8H2,1H3;1-11H;7H,2-6H2,1H3. The zero-order valence-electron chi connectivity index (χ0n) is 30.6. The Balaban J connectivity index is 0.000000176. The van der Waals surface area contributed by atoms with Gasteiger partial charge in [-0.1, -0.05) is 55.8 Å². The van der Waals surface area contributed by atoms with Gasteiger partial charge in [0.1, 0.15) is 18.4 Å². The van der Waals surface area contributed by atoms with Gasteiger partial charge < -0.3 is 19.1 Å². The lowest BCUT2D eigenvalue weighted by atomic mass is 9.98. The minimum absolute atomic E-state index is 0.00676. The lowest BCUT2D eigenvalue weighted by molar-refractivity contribution is -0.385. The van der Waals surface area contributed by atoms with Gasteiger partial charge in [0, 0.05) is 87.3 Å². The highest BCUT2D eigenvalue weighted by Gasteiger charge is 2.24. The molecule has 4 heterocycles. The highest BCUT2D eigenvalue weighted by Crippen LogP contribution is 2.24. The number of non-ortho nitro benzene ring substituents is 2. The van der Waals surface area contributed by atoms with Gasteiger partial charge in [-0.3, -0.25) is 24.8 Å². The minimum Gasteiger partial charge on any atom is -0.410 e. The second-order valence-corrected chi connectivity index (χ2v) is 12.8. The quantitative estimate of drug-likeness (QED) is 0.116. The lowest BCUT2D eigenvalue weighted by Gasteiger charge is -2.30. The van der Waals surface area contributed by atoms with Gasteiger partial charge in [-0.05, 0) is 43.7 Å². The summed E-state index contributed by atoms with van der Waals surface area (Å²) in [6.45, 7) is 5.57. The summed E-state index contributed by atoms with van der Waals surface area (Å²) < 4.78 is 18.3. The number of amides is 1. The van der Waals surface area contributed by atoms with Crippen molar-refractivity contribution in [2.75, 3.05) is 33.5 Å². The van der Waals surface area contributed by atoms with Crippen molar-refractivity contribution in [1.82, 2.24) is 24.0 Å². The average molecular weight is 754 g/mol. The number of para-hydroxylation sites is 1. The number of ether oxygens (including phenoxy) is 3. The number of nitro groups is 2. The van der Waals surface area contributed by atoms with E-state index in [0.29, 0.717) is 41.5 Å². The maximum absolute atomic E-state index is 12.6. The fourth-order valence-corrected chi connectivity index (χ4v) is 5.91. The van der Waals surface area contributed by atoms with Crippen molar-refractivity contribution < 1.29 is 33.6 Å². The third-order valence-corrected chi connectivity index (χ3v) is 9.21. The third kappa shape index (κ3) is 11.4. The van der Waals surface area contributed by atoms with Crippen LogP contribution < -0.4 is 4.74 Å². The van der Waals surface area contributed by atoms with Crippen LogP contribution in [0.1, 0.15) is 39.0 Å². The fourth-order valence-electron chi connectivity index (χ4n) is 5.91. The number of hydrogen-bond acceptors (Lipinski definition) is 11. The number of benzene rings is 3. The van der Waals surface area contributed by atoms with E-state index in [2.05, 4.69) is 16.9 Å². The molecule has 0 aliphatic carbocycles. The molecule has 2 fully saturated rings. The van der Waals surface area contributed by atoms with Crippen molar-refractivity contribution in [3.63, 3.8) is 0 Å². The minimum atomic E-state index is -0.611. The number of nitrogens with zero attached hydrogens (tertiary/aromatic N) is 7. The molecule has 2 saturated heterocycles. The summed E-state index contributed by atoms with van der Waals surface area (Å²) in [4.78, 5) is 55.3. The van der Waals surface area contributed by atoms with Gasteiger partial charge in [0.25, 0.3) is 11.4 Å². The van der Waals surface area contributed by atoms with Crippen molar-refractivity contribution in [3.05, 3.63) is 124 Å². The van der Waals surface area contributed by atoms with Crippen LogP contribution in [0.5, 0.6) is 5.75 Å². The van der Waals surface area contributed by atoms with E-state index in [0.717, 1.165) is 32.0 Å². The first kappa shape index (κ1) is 39.9. The molecule has 0 N–H and O–H groups in total. The molecule has 7 rings (SSSR count). The first-order chi connectivity index (χ1) is 26.6. The smallest absolute Gasteiger partial charge is 0.410 e. The normalized spacial score (nSPS) is 14.4. The molecule has 3 aromatic carbocycles. The molecular formula is C39H43N7O9. The van der Waals surface area contributed by atoms with E-state index in [-0.39, 0.29) is 23.4 Å². The maximum atomic E-state index is 12.6. The van der Waals surface area contributed by atoms with E-state index < -0.39 is 15.9 Å². The lowest BCUT2D eigenvalue weighted by Crippen LogP contribution is -2.42. The topological polar surface area (TPSA) is 187 Å². The van der Waals surface area contributed by atoms with Crippen molar-refractivity contribution in [1.29, 1.82) is 0 Å². The summed E-state index contributed by atoms with van der Waals surface area (Å²) in [5.74, 6) is 1.38. The van der Waals surface area contributed by atoms with Crippen LogP contribution >= 0.6 is 0 Å². The van der Waals surface area contributed by atoms with Crippen LogP contribution in [0.25, 0.3) is 22.5 Å². The summed E-state index contributed by atoms with van der Waals surface area (Å²) in [5.41, 5.74) is 2.07. The Morgan fingerprint density at radius 3 is 1.78 bits per heavy atom. The monoisotopic (exact) mass is 753 g/mol. The van der Waals surface area contributed by atoms with Crippen LogP contribution in [-0.2, 0) is 9.47 Å². The highest BCUT2D eigenvalue weighted by molar-refractivity contribution is 5.78. The van der Waals surface area contributed by atoms with Crippen molar-refractivity contribution in [2.24, 2.45) is 5.92 Å². The van der Waals surface area contributed by atoms with Gasteiger partial charge in [-0.15, -0.1) is 0 Å². The van der Waals surface area contributed by atoms with E-state index >= 15 is 0 Å². The third-order valence-electron chi connectivity index (χ3n) is 9.21. The van der Waals surface area contributed by atoms with Gasteiger partial charge in [0.15, 0.2) is 0 Å². The molecule has 2 aromatic heterocycles. The van der Waals surface area contributed by atoms with Crippen LogP contribution in [-0.4, -0.2) is 85.5 Å². The molecule has 0 atom stereocenters. The molecule has 1 amide bonds. The van der Waals surface area contributed by atoms with Gasteiger partial charge in [-0.25, -0.2) is 24.1 Å². The summed E-state index contributed by atoms with van der Waals surface area (Å²) in [6.07, 6.45) is 10.7. The average Bonchev–Trinajstić information content (AvgIpc) is 3.94. The molecule has 2 aliphatic rings. The highest BCUT2D eigenvalue weighted by atomic mass is 16.6. The Morgan fingerprint density at radius 1 is 0.764 bits per heavy atom. The molecule has 0 spiro atoms. The zero-order chi connectivity index (χ0) is 39.2. The van der Waals surface area contributed by atoms with Crippen LogP contribution in [0.15, 0.2) is 104 Å². The second-order valence-electron chi connectivity index (χ2n) is 12.8. The van der Waals surface area contributed by atoms with Crippen molar-refractivity contribution in [3.8, 4) is 28.3 Å². The molecule has 5 aromatic rings. The number of rotatable bonds is 7. The van der Waals surface area contributed by atoms with Gasteiger partial charge in [0.05, 0.1) is 21.2 Å². The summed E-state index contributed by atoms with van der Waals surface area (Å²) in [6, 6.07) is 20.9. The van der Waals surface area contributed by atoms with Crippen LogP contribution in [0, 0.1) is 26.1 Å². The molecule has 288 valence electrons. The van der Waals surface area contributed by atoms with E-state index in [9.17, 15) is 29.8 Å². The van der Waals surface area contributed by atoms with E-state index in [1.165, 1.54) is 71.5 Å². The van der Waals surface area contributed by atoms with Gasteiger partial charge >= 0.3 is 12.1 Å². The Morgan fingerprint density at radius 2 is 1.27 bits per heavy atom. The maximum Gasteiger partial charge on any atom is 0.424 e. The Labute approximate surface area is 317 Å². The second kappa shape index (κ2) is 19.7. The van der Waals surface area contributed by atoms with Crippen LogP contribution in [0.4, 0.5) is 21.0 Å². The predicted octanol–water partition coefficient (Wildman–Crippen LogP) is 7.87. The number of carbonyl (C=O) groups is 2. The Hall–Kier alpha value is -6.26. The van der Waals surface area contributed by atoms with Crippen molar-refractivity contribution in [2.45, 2.75) is 45.1 Å². The van der Waals surface area contributed by atoms with E-state index in [1.807, 2.05) is 6.07 Å². The molecule has 2 aliphatic heterocycles. The molecule has 0 radical (unpaired) electrons. The summed E-state index contributed by atoms with van der Waals surface area (Å²) in [5, 5.41) is 21.7. The number of aromatic nitrogens is 4. The molecular weight excluding hydrogens is 710 g/mol. The first-order valence-electron chi connectivity index (χ1n) is 17.9. The zero-order valence-corrected chi connectivity index (χ0v) is 30.6. The van der Waals surface area contributed by atoms with Crippen molar-refractivity contribution >= 4 is 23.5 Å². The van der Waals surface area contributed by atoms with Gasteiger partial charge in [-0.2, -0.15) is 0 Å². The Kier molecular flexibility index (Phi) is 14.3. The number of imidazole rings is 2. The van der Waals surface area contributed by atoms with E-state index in [1.54, 1.807) is 66.7 Å². The number of carbonyl (C=O) groups excluding carboxylic acids is 2. The molecule has 0 bridgehead atoms. The van der Waals surface area contributed by atoms with E-state index in [4.69, 9.17) is 14.2 Å². The predicted molar refractivity (Wildman–Crippen MR) is 203 cm³/mol. The van der Waals surface area contributed by atoms with Crippen LogP contribution in [0.3, 0.4) is 0 Å². The summed E-state index contributed by atoms with van der Waals surface area (Å²) in [7, 11) is 1.77. The van der Waals surface area contributed by atoms with Gasteiger partial charge in [0.2, 0.25) is 0 Å². The number of hydrogen-bond donors (Lipinski definition) is 0. The largest absolute Gasteiger partial charge is 0.424 e. The molecule has 55 heavy (non-hydrogen) atoms. The molecule has 16 heteroatoms. The van der Waals surface area contributed by atoms with Crippen LogP contribution in [0.2, 0.25) is 0 Å². The Bertz CT molecular complexity index is 2040. The molecule has 0 saturated carbocycles. The fraction of sp³-hybridized carbons (Fsp3) is 0.333. The number of nitro benzene ring substituents is 2. The molecule has 0 unspecified atom stereocenters. The SMILES string of the molecule is CCC1CCOCC1.CN(C(=O)n1cnc(-c2cccc([N+](=O)[O-])c2)c1)C1CCOCC1.O=C(Oc1ccccc1)n1cnc(-c2cccc([N+](=O)[O-])c2)c1. The first-order valence-corrected chi connectivity index (χ1v) is 17.9.